The monoisotopic (exact) mass is 328 g/mol. The summed E-state index contributed by atoms with van der Waals surface area (Å²) in [6.45, 7) is 0. The Balaban J connectivity index is 1.95. The fourth-order valence-corrected chi connectivity index (χ4v) is 2.13. The van der Waals surface area contributed by atoms with Crippen LogP contribution in [0.15, 0.2) is 64.0 Å². The maximum absolute atomic E-state index is 11.8. The number of pyridine rings is 1. The van der Waals surface area contributed by atoms with Gasteiger partial charge in [0.05, 0.1) is 5.56 Å². The molecule has 0 amide bonds. The Hall–Kier alpha value is -2.27. The van der Waals surface area contributed by atoms with Crippen molar-refractivity contribution in [1.82, 2.24) is 4.98 Å². The lowest BCUT2D eigenvalue weighted by Gasteiger charge is -1.98. The molecule has 0 saturated heterocycles. The topological polar surface area (TPSA) is 51.5 Å². The van der Waals surface area contributed by atoms with Crippen LogP contribution in [0.3, 0.4) is 0 Å². The van der Waals surface area contributed by atoms with Gasteiger partial charge in [-0.3, -0.25) is 4.98 Å². The minimum absolute atomic E-state index is 0.269. The van der Waals surface area contributed by atoms with Crippen molar-refractivity contribution < 1.29 is 9.53 Å². The summed E-state index contributed by atoms with van der Waals surface area (Å²) in [5.74, 6) is -0.185. The number of ether oxygens (including phenoxy) is 1. The van der Waals surface area contributed by atoms with E-state index in [0.717, 1.165) is 10.0 Å². The number of halogens is 1. The highest BCUT2D eigenvalue weighted by Crippen LogP contribution is 2.20. The fourth-order valence-electron chi connectivity index (χ4n) is 1.77. The van der Waals surface area contributed by atoms with E-state index in [1.807, 2.05) is 30.3 Å². The molecule has 2 heterocycles. The second kappa shape index (κ2) is 5.38. The molecule has 0 radical (unpaired) electrons. The van der Waals surface area contributed by atoms with Gasteiger partial charge in [0.1, 0.15) is 0 Å². The minimum atomic E-state index is -0.455. The lowest BCUT2D eigenvalue weighted by atomic mass is 10.2. The number of carbonyl (C=O) groups is 1. The molecule has 0 bridgehead atoms. The summed E-state index contributed by atoms with van der Waals surface area (Å²) in [5, 5.41) is 0. The van der Waals surface area contributed by atoms with Gasteiger partial charge in [0.25, 0.3) is 0 Å². The molecule has 0 N–H and O–H groups in total. The number of hydrogen-bond acceptors (Lipinski definition) is 4. The van der Waals surface area contributed by atoms with Crippen molar-refractivity contribution in [2.45, 2.75) is 0 Å². The molecule has 5 heteroatoms. The van der Waals surface area contributed by atoms with E-state index in [1.165, 1.54) is 0 Å². The number of hydrogen-bond donors (Lipinski definition) is 0. The molecule has 98 valence electrons. The van der Waals surface area contributed by atoms with Crippen molar-refractivity contribution in [3.05, 3.63) is 70.1 Å². The second-order valence-corrected chi connectivity index (χ2v) is 5.05. The Morgan fingerprint density at radius 1 is 1.15 bits per heavy atom. The number of benzene rings is 1. The molecule has 20 heavy (non-hydrogen) atoms. The molecule has 1 aliphatic rings. The van der Waals surface area contributed by atoms with Crippen LogP contribution in [0, 0.1) is 0 Å². The minimum Gasteiger partial charge on any atom is -0.402 e. The van der Waals surface area contributed by atoms with Gasteiger partial charge in [0.2, 0.25) is 5.90 Å². The van der Waals surface area contributed by atoms with Crippen LogP contribution in [0.25, 0.3) is 6.08 Å². The molecule has 0 saturated carbocycles. The van der Waals surface area contributed by atoms with E-state index in [0.29, 0.717) is 5.56 Å². The zero-order chi connectivity index (χ0) is 13.9. The van der Waals surface area contributed by atoms with Crippen molar-refractivity contribution in [2.24, 2.45) is 4.99 Å². The van der Waals surface area contributed by atoms with Crippen molar-refractivity contribution in [1.29, 1.82) is 0 Å². The number of cyclic esters (lactones) is 1. The molecule has 1 aliphatic heterocycles. The first-order chi connectivity index (χ1) is 9.72. The fraction of sp³-hybridized carbons (Fsp3) is 0. The van der Waals surface area contributed by atoms with Crippen LogP contribution in [-0.2, 0) is 9.53 Å². The van der Waals surface area contributed by atoms with E-state index in [2.05, 4.69) is 25.9 Å². The van der Waals surface area contributed by atoms with Gasteiger partial charge in [-0.1, -0.05) is 30.3 Å². The zero-order valence-electron chi connectivity index (χ0n) is 10.3. The van der Waals surface area contributed by atoms with Crippen molar-refractivity contribution >= 4 is 33.9 Å². The lowest BCUT2D eigenvalue weighted by molar-refractivity contribution is -0.129. The zero-order valence-corrected chi connectivity index (χ0v) is 11.9. The van der Waals surface area contributed by atoms with E-state index >= 15 is 0 Å². The summed E-state index contributed by atoms with van der Waals surface area (Å²) < 4.78 is 5.97. The van der Waals surface area contributed by atoms with Gasteiger partial charge in [0.15, 0.2) is 5.70 Å². The smallest absolute Gasteiger partial charge is 0.363 e. The first kappa shape index (κ1) is 12.7. The molecule has 0 fully saturated rings. The first-order valence-electron chi connectivity index (χ1n) is 5.91. The highest BCUT2D eigenvalue weighted by molar-refractivity contribution is 9.10. The molecule has 0 spiro atoms. The standard InChI is InChI=1S/C15H9BrN2O2/c16-12-7-11(8-17-9-12)14-18-13(15(19)20-14)6-10-4-2-1-3-5-10/h1-9H/b13-6+. The average molecular weight is 329 g/mol. The normalized spacial score (nSPS) is 16.1. The van der Waals surface area contributed by atoms with Crippen LogP contribution in [-0.4, -0.2) is 16.9 Å². The van der Waals surface area contributed by atoms with Crippen molar-refractivity contribution in [3.8, 4) is 0 Å². The summed E-state index contributed by atoms with van der Waals surface area (Å²) in [4.78, 5) is 20.1. The van der Waals surface area contributed by atoms with E-state index in [1.54, 1.807) is 24.5 Å². The molecule has 0 unspecified atom stereocenters. The summed E-state index contributed by atoms with van der Waals surface area (Å²) in [7, 11) is 0. The largest absolute Gasteiger partial charge is 0.402 e. The number of rotatable bonds is 2. The number of esters is 1. The number of nitrogens with zero attached hydrogens (tertiary/aromatic N) is 2. The summed E-state index contributed by atoms with van der Waals surface area (Å²) >= 11 is 3.32. The van der Waals surface area contributed by atoms with Crippen molar-refractivity contribution in [2.75, 3.05) is 0 Å². The molecular formula is C15H9BrN2O2. The van der Waals surface area contributed by atoms with Gasteiger partial charge in [-0.2, -0.15) is 0 Å². The van der Waals surface area contributed by atoms with Gasteiger partial charge in [-0.15, -0.1) is 0 Å². The van der Waals surface area contributed by atoms with Crippen molar-refractivity contribution in [3.63, 3.8) is 0 Å². The third-order valence-electron chi connectivity index (χ3n) is 2.68. The average Bonchev–Trinajstić information content (AvgIpc) is 2.81. The molecule has 3 rings (SSSR count). The number of carbonyl (C=O) groups excluding carboxylic acids is 1. The summed E-state index contributed by atoms with van der Waals surface area (Å²) in [6.07, 6.45) is 4.95. The van der Waals surface area contributed by atoms with E-state index < -0.39 is 5.97 Å². The molecule has 0 aliphatic carbocycles. The molecule has 4 nitrogen and oxygen atoms in total. The Kier molecular flexibility index (Phi) is 3.43. The highest BCUT2D eigenvalue weighted by atomic mass is 79.9. The first-order valence-corrected chi connectivity index (χ1v) is 6.70. The van der Waals surface area contributed by atoms with Gasteiger partial charge in [0, 0.05) is 16.9 Å². The van der Waals surface area contributed by atoms with Crippen LogP contribution >= 0.6 is 15.9 Å². The maximum Gasteiger partial charge on any atom is 0.363 e. The van der Waals surface area contributed by atoms with E-state index in [9.17, 15) is 4.79 Å². The predicted octanol–water partition coefficient (Wildman–Crippen LogP) is 3.19. The van der Waals surface area contributed by atoms with Gasteiger partial charge < -0.3 is 4.74 Å². The molecule has 1 aromatic heterocycles. The summed E-state index contributed by atoms with van der Waals surface area (Å²) in [6, 6.07) is 11.3. The van der Waals surface area contributed by atoms with Gasteiger partial charge >= 0.3 is 5.97 Å². The number of aromatic nitrogens is 1. The number of aliphatic imine (C=N–C) groups is 1. The Bertz CT molecular complexity index is 724. The molecule has 1 aromatic carbocycles. The van der Waals surface area contributed by atoms with Gasteiger partial charge in [-0.25, -0.2) is 9.79 Å². The maximum atomic E-state index is 11.8. The lowest BCUT2D eigenvalue weighted by Crippen LogP contribution is -2.05. The van der Waals surface area contributed by atoms with Crippen LogP contribution in [0.4, 0.5) is 0 Å². The summed E-state index contributed by atoms with van der Waals surface area (Å²) in [5.41, 5.74) is 1.84. The predicted molar refractivity (Wildman–Crippen MR) is 79.0 cm³/mol. The van der Waals surface area contributed by atoms with Crippen LogP contribution in [0.1, 0.15) is 11.1 Å². The van der Waals surface area contributed by atoms with Crippen LogP contribution < -0.4 is 0 Å². The van der Waals surface area contributed by atoms with Crippen LogP contribution in [0.2, 0.25) is 0 Å². The van der Waals surface area contributed by atoms with Gasteiger partial charge in [-0.05, 0) is 33.6 Å². The molecule has 0 atom stereocenters. The second-order valence-electron chi connectivity index (χ2n) is 4.14. The molecule has 2 aromatic rings. The third-order valence-corrected chi connectivity index (χ3v) is 3.11. The Morgan fingerprint density at radius 2 is 1.95 bits per heavy atom. The Morgan fingerprint density at radius 3 is 2.70 bits per heavy atom. The Labute approximate surface area is 124 Å². The SMILES string of the molecule is O=C1OC(c2cncc(Br)c2)=N/C1=C/c1ccccc1. The highest BCUT2D eigenvalue weighted by Gasteiger charge is 2.24. The molecular weight excluding hydrogens is 320 g/mol. The van der Waals surface area contributed by atoms with E-state index in [4.69, 9.17) is 4.74 Å². The third kappa shape index (κ3) is 2.67. The van der Waals surface area contributed by atoms with E-state index in [-0.39, 0.29) is 11.6 Å². The quantitative estimate of drug-likeness (QED) is 0.628. The van der Waals surface area contributed by atoms with Crippen LogP contribution in [0.5, 0.6) is 0 Å².